The second kappa shape index (κ2) is 10.7. The standard InChI is InChI=1S/C10H19N4.2ClH.Pd/c1-2-5-9(6-3-1)13-14-10-11-7-4-8-12-10;;;/h9-11H,1-8H2;2*1H;/q-1;;;+2/p-2. The van der Waals surface area contributed by atoms with Gasteiger partial charge in [0.1, 0.15) is 0 Å². The van der Waals surface area contributed by atoms with Crippen LogP contribution < -0.4 is 5.32 Å². The number of hydrogen-bond acceptors (Lipinski definition) is 3. The molecule has 2 rings (SSSR count). The van der Waals surface area contributed by atoms with E-state index in [2.05, 4.69) is 20.9 Å². The van der Waals surface area contributed by atoms with Gasteiger partial charge in [-0.05, 0) is 19.4 Å². The van der Waals surface area contributed by atoms with E-state index < -0.39 is 0 Å². The van der Waals surface area contributed by atoms with Gasteiger partial charge in [0.2, 0.25) is 0 Å². The Labute approximate surface area is 119 Å². The SMILES string of the molecule is C1CCC(N=NC2[N-]CCCN2)CC1.[Cl][Pd][Cl]. The van der Waals surface area contributed by atoms with Crippen LogP contribution in [0.2, 0.25) is 0 Å². The van der Waals surface area contributed by atoms with Crippen LogP contribution in [0.5, 0.6) is 0 Å². The van der Waals surface area contributed by atoms with Gasteiger partial charge in [-0.3, -0.25) is 0 Å². The van der Waals surface area contributed by atoms with Crippen LogP contribution in [-0.2, 0) is 15.9 Å². The third kappa shape index (κ3) is 7.71. The Hall–Kier alpha value is 0.762. The van der Waals surface area contributed by atoms with Crippen molar-refractivity contribution in [3.05, 3.63) is 5.32 Å². The Bertz CT molecular complexity index is 186. The Morgan fingerprint density at radius 2 is 1.76 bits per heavy atom. The van der Waals surface area contributed by atoms with Crippen LogP contribution in [0.25, 0.3) is 5.32 Å². The van der Waals surface area contributed by atoms with Gasteiger partial charge in [0.25, 0.3) is 0 Å². The fraction of sp³-hybridized carbons (Fsp3) is 1.00. The van der Waals surface area contributed by atoms with Crippen LogP contribution in [0, 0.1) is 0 Å². The molecule has 1 atom stereocenters. The summed E-state index contributed by atoms with van der Waals surface area (Å²) in [6.45, 7) is 1.96. The van der Waals surface area contributed by atoms with Gasteiger partial charge in [-0.1, -0.05) is 25.7 Å². The van der Waals surface area contributed by atoms with Crippen LogP contribution in [0.3, 0.4) is 0 Å². The van der Waals surface area contributed by atoms with E-state index in [1.54, 1.807) is 0 Å². The summed E-state index contributed by atoms with van der Waals surface area (Å²) in [5, 5.41) is 16.2. The van der Waals surface area contributed by atoms with Gasteiger partial charge in [-0.15, -0.1) is 6.54 Å². The first-order chi connectivity index (χ1) is 8.36. The summed E-state index contributed by atoms with van der Waals surface area (Å²) in [7, 11) is 9.63. The normalized spacial score (nSPS) is 26.8. The second-order valence-corrected chi connectivity index (χ2v) is 6.52. The molecule has 17 heavy (non-hydrogen) atoms. The van der Waals surface area contributed by atoms with Crippen molar-refractivity contribution >= 4 is 19.1 Å². The average Bonchev–Trinajstić information content (AvgIpc) is 2.40. The number of rotatable bonds is 2. The van der Waals surface area contributed by atoms with E-state index in [4.69, 9.17) is 19.1 Å². The number of azo groups is 1. The molecule has 0 aromatic heterocycles. The summed E-state index contributed by atoms with van der Waals surface area (Å²) in [5.74, 6) is 0. The fourth-order valence-corrected chi connectivity index (χ4v) is 2.02. The zero-order valence-electron chi connectivity index (χ0n) is 9.73. The van der Waals surface area contributed by atoms with Crippen molar-refractivity contribution in [3.8, 4) is 0 Å². The Balaban J connectivity index is 0.000000437. The summed E-state index contributed by atoms with van der Waals surface area (Å²) < 4.78 is 0. The molecule has 0 spiro atoms. The van der Waals surface area contributed by atoms with E-state index in [9.17, 15) is 0 Å². The molecule has 0 amide bonds. The van der Waals surface area contributed by atoms with Crippen LogP contribution in [-0.4, -0.2) is 25.4 Å². The molecule has 0 aromatic rings. The van der Waals surface area contributed by atoms with Crippen molar-refractivity contribution in [2.75, 3.05) is 13.1 Å². The molecule has 7 heteroatoms. The molecule has 104 valence electrons. The van der Waals surface area contributed by atoms with Gasteiger partial charge in [-0.25, -0.2) is 0 Å². The first-order valence-electron chi connectivity index (χ1n) is 5.99. The third-order valence-corrected chi connectivity index (χ3v) is 2.88. The molecule has 1 saturated carbocycles. The molecule has 2 fully saturated rings. The van der Waals surface area contributed by atoms with Crippen LogP contribution in [0.15, 0.2) is 10.2 Å². The van der Waals surface area contributed by atoms with E-state index in [1.165, 1.54) is 32.1 Å². The quantitative estimate of drug-likeness (QED) is 0.582. The van der Waals surface area contributed by atoms with Crippen LogP contribution >= 0.6 is 19.1 Å². The van der Waals surface area contributed by atoms with Crippen molar-refractivity contribution in [2.24, 2.45) is 10.2 Å². The minimum absolute atomic E-state index is 0.0503. The number of halogens is 2. The summed E-state index contributed by atoms with van der Waals surface area (Å²) >= 11 is -0.106. The van der Waals surface area contributed by atoms with E-state index >= 15 is 0 Å². The summed E-state index contributed by atoms with van der Waals surface area (Å²) in [6.07, 6.45) is 7.53. The Morgan fingerprint density at radius 1 is 1.06 bits per heavy atom. The molecular formula is C10H19Cl2N4Pd-. The summed E-state index contributed by atoms with van der Waals surface area (Å²) in [6, 6.07) is 0.475. The van der Waals surface area contributed by atoms with E-state index in [0.29, 0.717) is 6.04 Å². The van der Waals surface area contributed by atoms with Crippen molar-refractivity contribution in [2.45, 2.75) is 50.9 Å². The first-order valence-corrected chi connectivity index (χ1v) is 9.99. The predicted octanol–water partition coefficient (Wildman–Crippen LogP) is 3.80. The zero-order valence-corrected chi connectivity index (χ0v) is 12.8. The monoisotopic (exact) mass is 371 g/mol. The van der Waals surface area contributed by atoms with Crippen LogP contribution in [0.1, 0.15) is 38.5 Å². The van der Waals surface area contributed by atoms with Crippen molar-refractivity contribution in [1.82, 2.24) is 5.32 Å². The maximum absolute atomic E-state index is 4.81. The molecule has 4 nitrogen and oxygen atoms in total. The van der Waals surface area contributed by atoms with Gasteiger partial charge in [0, 0.05) is 6.29 Å². The van der Waals surface area contributed by atoms with Crippen molar-refractivity contribution in [1.29, 1.82) is 0 Å². The first kappa shape index (κ1) is 15.8. The molecule has 1 aliphatic heterocycles. The second-order valence-electron chi connectivity index (χ2n) is 4.16. The Kier molecular flexibility index (Phi) is 9.92. The maximum atomic E-state index is 4.81. The molecular weight excluding hydrogens is 353 g/mol. The van der Waals surface area contributed by atoms with Gasteiger partial charge in [0.05, 0.1) is 6.04 Å². The predicted molar refractivity (Wildman–Crippen MR) is 68.1 cm³/mol. The van der Waals surface area contributed by atoms with Gasteiger partial charge in [0.15, 0.2) is 0 Å². The van der Waals surface area contributed by atoms with Crippen LogP contribution in [0.4, 0.5) is 0 Å². The average molecular weight is 373 g/mol. The molecule has 1 heterocycles. The molecule has 1 aliphatic carbocycles. The zero-order chi connectivity index (χ0) is 12.3. The molecule has 1 saturated heterocycles. The van der Waals surface area contributed by atoms with Crippen molar-refractivity contribution in [3.63, 3.8) is 0 Å². The fourth-order valence-electron chi connectivity index (χ4n) is 2.02. The third-order valence-electron chi connectivity index (χ3n) is 2.88. The van der Waals surface area contributed by atoms with Gasteiger partial charge >= 0.3 is 35.0 Å². The molecule has 2 aliphatic rings. The van der Waals surface area contributed by atoms with E-state index in [-0.39, 0.29) is 22.2 Å². The van der Waals surface area contributed by atoms with Crippen molar-refractivity contribution < 1.29 is 15.9 Å². The molecule has 1 unspecified atom stereocenters. The minimum atomic E-state index is -0.106. The molecule has 1 N–H and O–H groups in total. The summed E-state index contributed by atoms with van der Waals surface area (Å²) in [4.78, 5) is 0. The van der Waals surface area contributed by atoms with Gasteiger partial charge in [-0.2, -0.15) is 10.2 Å². The molecule has 0 aromatic carbocycles. The van der Waals surface area contributed by atoms with E-state index in [0.717, 1.165) is 19.5 Å². The molecule has 0 radical (unpaired) electrons. The topological polar surface area (TPSA) is 50.9 Å². The number of hydrogen-bond donors (Lipinski definition) is 1. The number of nitrogens with zero attached hydrogens (tertiary/aromatic N) is 3. The van der Waals surface area contributed by atoms with Gasteiger partial charge < -0.3 is 10.6 Å². The molecule has 0 bridgehead atoms. The summed E-state index contributed by atoms with van der Waals surface area (Å²) in [5.41, 5.74) is 0. The van der Waals surface area contributed by atoms with E-state index in [1.807, 2.05) is 0 Å². The number of nitrogens with one attached hydrogen (secondary N) is 1. The Morgan fingerprint density at radius 3 is 2.35 bits per heavy atom.